The molecule has 2 unspecified atom stereocenters. The summed E-state index contributed by atoms with van der Waals surface area (Å²) in [4.78, 5) is 49.5. The van der Waals surface area contributed by atoms with Crippen LogP contribution in [-0.4, -0.2) is 59.0 Å². The lowest BCUT2D eigenvalue weighted by Gasteiger charge is -2.23. The number of hydrogen-bond acceptors (Lipinski definition) is 6. The van der Waals surface area contributed by atoms with Gasteiger partial charge in [0.15, 0.2) is 6.61 Å². The molecule has 1 aliphatic rings. The fourth-order valence-corrected chi connectivity index (χ4v) is 3.49. The molecule has 2 atom stereocenters. The zero-order valence-corrected chi connectivity index (χ0v) is 17.9. The molecule has 3 rings (SSSR count). The summed E-state index contributed by atoms with van der Waals surface area (Å²) in [5.41, 5.74) is 1.18. The summed E-state index contributed by atoms with van der Waals surface area (Å²) in [6.07, 6.45) is -1.23. The molecule has 2 aromatic carbocycles. The first-order valence-electron chi connectivity index (χ1n) is 10.3. The van der Waals surface area contributed by atoms with Crippen LogP contribution in [0.5, 0.6) is 0 Å². The summed E-state index contributed by atoms with van der Waals surface area (Å²) >= 11 is 0. The number of amides is 3. The molecule has 2 aromatic rings. The van der Waals surface area contributed by atoms with Gasteiger partial charge < -0.3 is 25.4 Å². The minimum atomic E-state index is -1.07. The van der Waals surface area contributed by atoms with Gasteiger partial charge in [-0.15, -0.1) is 0 Å². The third-order valence-corrected chi connectivity index (χ3v) is 5.01. The molecule has 1 fully saturated rings. The van der Waals surface area contributed by atoms with Crippen LogP contribution in [0.2, 0.25) is 0 Å². The van der Waals surface area contributed by atoms with Gasteiger partial charge in [0.1, 0.15) is 11.9 Å². The number of β-amino-alcohol motifs (C(OH)–C–C–N with tert-alkyl or cyclic N) is 1. The van der Waals surface area contributed by atoms with E-state index in [9.17, 15) is 28.7 Å². The van der Waals surface area contributed by atoms with Gasteiger partial charge in [-0.25, -0.2) is 9.18 Å². The van der Waals surface area contributed by atoms with Crippen molar-refractivity contribution in [3.05, 3.63) is 59.9 Å². The largest absolute Gasteiger partial charge is 0.454 e. The maximum atomic E-state index is 13.9. The Bertz CT molecular complexity index is 1040. The van der Waals surface area contributed by atoms with Gasteiger partial charge in [-0.1, -0.05) is 18.2 Å². The standard InChI is InChI=1S/C23H24FN3O6/c1-14(28)25-16-6-8-17(9-7-16)26-21(30)13-33-23(32)20-11-18(29)12-27(20)22(31)10-15-4-2-3-5-19(15)24/h2-9,18,20,29H,10-13H2,1H3,(H,25,28)(H,26,30). The summed E-state index contributed by atoms with van der Waals surface area (Å²) in [7, 11) is 0. The second kappa shape index (κ2) is 10.7. The first-order valence-corrected chi connectivity index (χ1v) is 10.3. The summed E-state index contributed by atoms with van der Waals surface area (Å²) in [6.45, 7) is 0.705. The van der Waals surface area contributed by atoms with Gasteiger partial charge in [0.05, 0.1) is 12.5 Å². The van der Waals surface area contributed by atoms with Crippen molar-refractivity contribution >= 4 is 35.1 Å². The number of esters is 1. The number of hydrogen-bond donors (Lipinski definition) is 3. The number of carbonyl (C=O) groups is 4. The Kier molecular flexibility index (Phi) is 7.73. The lowest BCUT2D eigenvalue weighted by molar-refractivity contribution is -0.155. The number of likely N-dealkylation sites (tertiary alicyclic amines) is 1. The number of carbonyl (C=O) groups excluding carboxylic acids is 4. The van der Waals surface area contributed by atoms with Crippen molar-refractivity contribution in [1.82, 2.24) is 4.90 Å². The Hall–Kier alpha value is -3.79. The van der Waals surface area contributed by atoms with E-state index in [0.717, 1.165) is 4.90 Å². The van der Waals surface area contributed by atoms with Crippen molar-refractivity contribution in [1.29, 1.82) is 0 Å². The average Bonchev–Trinajstić information content (AvgIpc) is 3.16. The molecule has 0 aromatic heterocycles. The number of aliphatic hydroxyl groups is 1. The smallest absolute Gasteiger partial charge is 0.329 e. The highest BCUT2D eigenvalue weighted by Gasteiger charge is 2.40. The molecule has 1 heterocycles. The topological polar surface area (TPSA) is 125 Å². The zero-order valence-electron chi connectivity index (χ0n) is 17.9. The van der Waals surface area contributed by atoms with E-state index < -0.39 is 42.4 Å². The van der Waals surface area contributed by atoms with Crippen molar-refractivity contribution in [3.63, 3.8) is 0 Å². The number of halogens is 1. The Morgan fingerprint density at radius 2 is 1.70 bits per heavy atom. The molecule has 0 radical (unpaired) electrons. The number of ether oxygens (including phenoxy) is 1. The lowest BCUT2D eigenvalue weighted by Crippen LogP contribution is -2.43. The van der Waals surface area contributed by atoms with Crippen molar-refractivity contribution in [2.45, 2.75) is 31.9 Å². The van der Waals surface area contributed by atoms with Crippen molar-refractivity contribution < 1.29 is 33.4 Å². The second-order valence-corrected chi connectivity index (χ2v) is 7.63. The van der Waals surface area contributed by atoms with Crippen LogP contribution in [0, 0.1) is 5.82 Å². The van der Waals surface area contributed by atoms with E-state index in [1.807, 2.05) is 0 Å². The molecule has 3 N–H and O–H groups in total. The third-order valence-electron chi connectivity index (χ3n) is 5.01. The molecule has 10 heteroatoms. The van der Waals surface area contributed by atoms with E-state index in [-0.39, 0.29) is 30.9 Å². The predicted octanol–water partition coefficient (Wildman–Crippen LogP) is 1.47. The van der Waals surface area contributed by atoms with E-state index in [4.69, 9.17) is 4.74 Å². The monoisotopic (exact) mass is 457 g/mol. The van der Waals surface area contributed by atoms with Gasteiger partial charge in [-0.3, -0.25) is 14.4 Å². The van der Waals surface area contributed by atoms with Crippen LogP contribution in [-0.2, 0) is 30.3 Å². The quantitative estimate of drug-likeness (QED) is 0.541. The number of aliphatic hydroxyl groups excluding tert-OH is 1. The number of nitrogens with one attached hydrogen (secondary N) is 2. The molecule has 1 saturated heterocycles. The van der Waals surface area contributed by atoms with E-state index in [1.165, 1.54) is 25.1 Å². The van der Waals surface area contributed by atoms with Crippen molar-refractivity contribution in [2.75, 3.05) is 23.8 Å². The zero-order chi connectivity index (χ0) is 24.0. The molecule has 0 bridgehead atoms. The van der Waals surface area contributed by atoms with Gasteiger partial charge in [0, 0.05) is 31.3 Å². The number of benzene rings is 2. The van der Waals surface area contributed by atoms with Crippen LogP contribution in [0.25, 0.3) is 0 Å². The predicted molar refractivity (Wildman–Crippen MR) is 117 cm³/mol. The molecule has 9 nitrogen and oxygen atoms in total. The minimum absolute atomic E-state index is 0.0337. The minimum Gasteiger partial charge on any atom is -0.454 e. The summed E-state index contributed by atoms with van der Waals surface area (Å²) in [5, 5.41) is 15.1. The van der Waals surface area contributed by atoms with Crippen molar-refractivity contribution in [2.24, 2.45) is 0 Å². The van der Waals surface area contributed by atoms with E-state index in [2.05, 4.69) is 10.6 Å². The molecule has 1 aliphatic heterocycles. The van der Waals surface area contributed by atoms with Crippen LogP contribution in [0.4, 0.5) is 15.8 Å². The Morgan fingerprint density at radius 1 is 1.06 bits per heavy atom. The Balaban J connectivity index is 1.53. The van der Waals surface area contributed by atoms with Crippen LogP contribution in [0.1, 0.15) is 18.9 Å². The molecular weight excluding hydrogens is 433 g/mol. The number of anilines is 2. The van der Waals surface area contributed by atoms with Gasteiger partial charge in [0.25, 0.3) is 5.91 Å². The van der Waals surface area contributed by atoms with Crippen LogP contribution in [0.3, 0.4) is 0 Å². The van der Waals surface area contributed by atoms with Crippen LogP contribution in [0.15, 0.2) is 48.5 Å². The summed E-state index contributed by atoms with van der Waals surface area (Å²) in [5.74, 6) is -2.71. The highest BCUT2D eigenvalue weighted by Crippen LogP contribution is 2.21. The molecule has 33 heavy (non-hydrogen) atoms. The third kappa shape index (κ3) is 6.59. The summed E-state index contributed by atoms with van der Waals surface area (Å²) < 4.78 is 18.9. The second-order valence-electron chi connectivity index (χ2n) is 7.63. The Labute approximate surface area is 189 Å². The van der Waals surface area contributed by atoms with Gasteiger partial charge in [-0.2, -0.15) is 0 Å². The molecule has 174 valence electrons. The normalized spacial score (nSPS) is 17.4. The number of nitrogens with zero attached hydrogens (tertiary/aromatic N) is 1. The number of rotatable bonds is 7. The van der Waals surface area contributed by atoms with Crippen LogP contribution >= 0.6 is 0 Å². The SMILES string of the molecule is CC(=O)Nc1ccc(NC(=O)COC(=O)C2CC(O)CN2C(=O)Cc2ccccc2F)cc1. The summed E-state index contributed by atoms with van der Waals surface area (Å²) in [6, 6.07) is 11.1. The molecule has 0 saturated carbocycles. The average molecular weight is 457 g/mol. The van der Waals surface area contributed by atoms with Crippen LogP contribution < -0.4 is 10.6 Å². The highest BCUT2D eigenvalue weighted by atomic mass is 19.1. The van der Waals surface area contributed by atoms with E-state index in [1.54, 1.807) is 30.3 Å². The first kappa shape index (κ1) is 23.9. The maximum absolute atomic E-state index is 13.9. The maximum Gasteiger partial charge on any atom is 0.329 e. The lowest BCUT2D eigenvalue weighted by atomic mass is 10.1. The molecular formula is C23H24FN3O6. The van der Waals surface area contributed by atoms with E-state index >= 15 is 0 Å². The fourth-order valence-electron chi connectivity index (χ4n) is 3.49. The van der Waals surface area contributed by atoms with Gasteiger partial charge >= 0.3 is 5.97 Å². The fraction of sp³-hybridized carbons (Fsp3) is 0.304. The molecule has 0 spiro atoms. The molecule has 3 amide bonds. The Morgan fingerprint density at radius 3 is 2.33 bits per heavy atom. The first-order chi connectivity index (χ1) is 15.7. The van der Waals surface area contributed by atoms with Gasteiger partial charge in [0.2, 0.25) is 11.8 Å². The van der Waals surface area contributed by atoms with Crippen molar-refractivity contribution in [3.8, 4) is 0 Å². The van der Waals surface area contributed by atoms with E-state index in [0.29, 0.717) is 11.4 Å². The van der Waals surface area contributed by atoms with Gasteiger partial charge in [-0.05, 0) is 35.9 Å². The highest BCUT2D eigenvalue weighted by molar-refractivity contribution is 5.94. The molecule has 0 aliphatic carbocycles.